The summed E-state index contributed by atoms with van der Waals surface area (Å²) in [6.45, 7) is 1.77. The Kier molecular flexibility index (Phi) is 5.37. The number of ether oxygens (including phenoxy) is 1. The molecule has 100 valence electrons. The number of likely N-dealkylation sites (N-methyl/N-ethyl adjacent to an activating group) is 1. The molecule has 0 radical (unpaired) electrons. The fraction of sp³-hybridized carbons (Fsp3) is 0.500. The summed E-state index contributed by atoms with van der Waals surface area (Å²) in [5.74, 6) is 0.691. The lowest BCUT2D eigenvalue weighted by molar-refractivity contribution is -0.384. The van der Waals surface area contributed by atoms with Crippen LogP contribution in [0.4, 0.5) is 5.69 Å². The van der Waals surface area contributed by atoms with E-state index in [2.05, 4.69) is 11.9 Å². The van der Waals surface area contributed by atoms with Crippen LogP contribution in [0.2, 0.25) is 0 Å². The minimum absolute atomic E-state index is 0. The molecule has 18 heavy (non-hydrogen) atoms. The summed E-state index contributed by atoms with van der Waals surface area (Å²) in [5.41, 5.74) is 0.0929. The Bertz CT molecular complexity index is 397. The summed E-state index contributed by atoms with van der Waals surface area (Å²) in [4.78, 5) is 12.4. The first kappa shape index (κ1) is 14.7. The maximum absolute atomic E-state index is 10.5. The van der Waals surface area contributed by atoms with Crippen LogP contribution in [-0.4, -0.2) is 36.1 Å². The number of hydrogen-bond donors (Lipinski definition) is 0. The maximum Gasteiger partial charge on any atom is 0.269 e. The summed E-state index contributed by atoms with van der Waals surface area (Å²) in [5, 5.41) is 10.5. The smallest absolute Gasteiger partial charge is 0.269 e. The van der Waals surface area contributed by atoms with Crippen LogP contribution in [0, 0.1) is 10.1 Å². The van der Waals surface area contributed by atoms with Gasteiger partial charge in [-0.05, 0) is 38.6 Å². The van der Waals surface area contributed by atoms with Crippen LogP contribution < -0.4 is 4.74 Å². The molecule has 0 spiro atoms. The number of benzene rings is 1. The van der Waals surface area contributed by atoms with E-state index in [1.54, 1.807) is 12.1 Å². The molecule has 6 heteroatoms. The van der Waals surface area contributed by atoms with Crippen LogP contribution in [0.25, 0.3) is 0 Å². The van der Waals surface area contributed by atoms with Crippen LogP contribution in [-0.2, 0) is 0 Å². The molecule has 0 saturated carbocycles. The lowest BCUT2D eigenvalue weighted by Gasteiger charge is -2.19. The molecule has 5 nitrogen and oxygen atoms in total. The zero-order valence-corrected chi connectivity index (χ0v) is 11.1. The van der Waals surface area contributed by atoms with Crippen LogP contribution in [0.1, 0.15) is 12.8 Å². The number of non-ortho nitro benzene ring substituents is 1. The minimum atomic E-state index is -0.408. The Morgan fingerprint density at radius 3 is 2.61 bits per heavy atom. The van der Waals surface area contributed by atoms with Gasteiger partial charge in [-0.15, -0.1) is 12.4 Å². The van der Waals surface area contributed by atoms with Crippen molar-refractivity contribution < 1.29 is 9.66 Å². The first-order chi connectivity index (χ1) is 8.16. The molecule has 1 aromatic carbocycles. The number of halogens is 1. The third-order valence-electron chi connectivity index (χ3n) is 3.16. The van der Waals surface area contributed by atoms with Crippen LogP contribution in [0.5, 0.6) is 5.75 Å². The first-order valence-corrected chi connectivity index (χ1v) is 5.74. The predicted octanol–water partition coefficient (Wildman–Crippen LogP) is 2.49. The molecule has 0 amide bonds. The summed E-state index contributed by atoms with van der Waals surface area (Å²) in [6, 6.07) is 6.69. The summed E-state index contributed by atoms with van der Waals surface area (Å²) in [7, 11) is 2.09. The predicted molar refractivity (Wildman–Crippen MR) is 71.5 cm³/mol. The van der Waals surface area contributed by atoms with Crippen LogP contribution in [0.15, 0.2) is 24.3 Å². The molecule has 0 aromatic heterocycles. The van der Waals surface area contributed by atoms with Crippen molar-refractivity contribution in [2.24, 2.45) is 0 Å². The molecule has 1 aromatic rings. The molecule has 1 fully saturated rings. The Balaban J connectivity index is 0.00000162. The van der Waals surface area contributed by atoms with Gasteiger partial charge in [-0.3, -0.25) is 10.1 Å². The molecule has 1 saturated heterocycles. The van der Waals surface area contributed by atoms with Gasteiger partial charge in [0.05, 0.1) is 4.92 Å². The average Bonchev–Trinajstić information content (AvgIpc) is 2.73. The molecule has 0 bridgehead atoms. The molecule has 0 aliphatic carbocycles. The Hall–Kier alpha value is -1.33. The van der Waals surface area contributed by atoms with Crippen molar-refractivity contribution in [1.82, 2.24) is 4.90 Å². The Labute approximate surface area is 112 Å². The van der Waals surface area contributed by atoms with E-state index in [0.717, 1.165) is 13.0 Å². The van der Waals surface area contributed by atoms with Gasteiger partial charge in [0.1, 0.15) is 12.4 Å². The van der Waals surface area contributed by atoms with Crippen molar-refractivity contribution in [1.29, 1.82) is 0 Å². The van der Waals surface area contributed by atoms with E-state index >= 15 is 0 Å². The van der Waals surface area contributed by atoms with Gasteiger partial charge >= 0.3 is 0 Å². The van der Waals surface area contributed by atoms with Crippen molar-refractivity contribution in [2.45, 2.75) is 18.9 Å². The van der Waals surface area contributed by atoms with Crippen molar-refractivity contribution in [3.05, 3.63) is 34.4 Å². The van der Waals surface area contributed by atoms with Crippen molar-refractivity contribution in [2.75, 3.05) is 20.2 Å². The lowest BCUT2D eigenvalue weighted by Crippen LogP contribution is -2.30. The van der Waals surface area contributed by atoms with Crippen LogP contribution >= 0.6 is 12.4 Å². The quantitative estimate of drug-likeness (QED) is 0.624. The summed E-state index contributed by atoms with van der Waals surface area (Å²) < 4.78 is 5.63. The summed E-state index contributed by atoms with van der Waals surface area (Å²) >= 11 is 0. The maximum atomic E-state index is 10.5. The van der Waals surface area contributed by atoms with Gasteiger partial charge in [-0.2, -0.15) is 0 Å². The highest BCUT2D eigenvalue weighted by atomic mass is 35.5. The number of likely N-dealkylation sites (tertiary alicyclic amines) is 1. The molecule has 1 aliphatic rings. The number of hydrogen-bond acceptors (Lipinski definition) is 4. The molecule has 1 heterocycles. The minimum Gasteiger partial charge on any atom is -0.492 e. The molecular weight excluding hydrogens is 256 g/mol. The van der Waals surface area contributed by atoms with Gasteiger partial charge in [0.2, 0.25) is 0 Å². The Morgan fingerprint density at radius 1 is 1.44 bits per heavy atom. The number of nitro groups is 1. The number of rotatable bonds is 4. The highest BCUT2D eigenvalue weighted by Crippen LogP contribution is 2.20. The normalized spacial score (nSPS) is 19.3. The fourth-order valence-corrected chi connectivity index (χ4v) is 2.05. The van der Waals surface area contributed by atoms with E-state index in [9.17, 15) is 10.1 Å². The molecule has 0 unspecified atom stereocenters. The van der Waals surface area contributed by atoms with E-state index in [1.807, 2.05) is 0 Å². The lowest BCUT2D eigenvalue weighted by atomic mass is 10.2. The largest absolute Gasteiger partial charge is 0.492 e. The highest BCUT2D eigenvalue weighted by molar-refractivity contribution is 5.85. The van der Waals surface area contributed by atoms with Gasteiger partial charge in [0.25, 0.3) is 5.69 Å². The SMILES string of the molecule is CN1CCC[C@H]1COc1ccc([N+](=O)[O-])cc1.Cl. The molecule has 2 rings (SSSR count). The summed E-state index contributed by atoms with van der Waals surface area (Å²) in [6.07, 6.45) is 2.37. The van der Waals surface area contributed by atoms with E-state index in [1.165, 1.54) is 18.6 Å². The van der Waals surface area contributed by atoms with Gasteiger partial charge in [-0.25, -0.2) is 0 Å². The van der Waals surface area contributed by atoms with E-state index in [4.69, 9.17) is 4.74 Å². The van der Waals surface area contributed by atoms with Crippen molar-refractivity contribution in [3.63, 3.8) is 0 Å². The van der Waals surface area contributed by atoms with Crippen molar-refractivity contribution in [3.8, 4) is 5.75 Å². The number of nitro benzene ring substituents is 1. The standard InChI is InChI=1S/C12H16N2O3.ClH/c1-13-8-2-3-11(13)9-17-12-6-4-10(5-7-12)14(15)16;/h4-7,11H,2-3,8-9H2,1H3;1H/t11-;/m0./s1. The second-order valence-corrected chi connectivity index (χ2v) is 4.34. The van der Waals surface area contributed by atoms with E-state index < -0.39 is 4.92 Å². The zero-order chi connectivity index (χ0) is 12.3. The van der Waals surface area contributed by atoms with Gasteiger partial charge < -0.3 is 9.64 Å². The fourth-order valence-electron chi connectivity index (χ4n) is 2.05. The van der Waals surface area contributed by atoms with Gasteiger partial charge in [0.15, 0.2) is 0 Å². The third kappa shape index (κ3) is 3.58. The third-order valence-corrected chi connectivity index (χ3v) is 3.16. The van der Waals surface area contributed by atoms with Gasteiger partial charge in [0, 0.05) is 18.2 Å². The molecule has 0 N–H and O–H groups in total. The molecular formula is C12H17ClN2O3. The topological polar surface area (TPSA) is 55.6 Å². The second kappa shape index (κ2) is 6.56. The van der Waals surface area contributed by atoms with Crippen LogP contribution in [0.3, 0.4) is 0 Å². The van der Waals surface area contributed by atoms with E-state index in [0.29, 0.717) is 18.4 Å². The average molecular weight is 273 g/mol. The second-order valence-electron chi connectivity index (χ2n) is 4.34. The number of nitrogens with zero attached hydrogens (tertiary/aromatic N) is 2. The molecule has 1 atom stereocenters. The first-order valence-electron chi connectivity index (χ1n) is 5.74. The zero-order valence-electron chi connectivity index (χ0n) is 10.2. The Morgan fingerprint density at radius 2 is 2.11 bits per heavy atom. The van der Waals surface area contributed by atoms with Gasteiger partial charge in [-0.1, -0.05) is 0 Å². The molecule has 1 aliphatic heterocycles. The van der Waals surface area contributed by atoms with E-state index in [-0.39, 0.29) is 18.1 Å². The van der Waals surface area contributed by atoms with Crippen molar-refractivity contribution >= 4 is 18.1 Å². The highest BCUT2D eigenvalue weighted by Gasteiger charge is 2.21. The monoisotopic (exact) mass is 272 g/mol.